The van der Waals surface area contributed by atoms with Gasteiger partial charge in [0.1, 0.15) is 0 Å². The van der Waals surface area contributed by atoms with Crippen LogP contribution in [0.2, 0.25) is 0 Å². The molecule has 0 atom stereocenters. The standard InChI is InChI=1S/C15H21NO3.ClH/c1-4-6-16(7-5-2)14(17)12-8-11(3)9-13(10-12)15(18)19;/h8-10H,4-7H2,1-3H3,(H,18,19);1H. The Labute approximate surface area is 126 Å². The minimum Gasteiger partial charge on any atom is -0.478 e. The highest BCUT2D eigenvalue weighted by Crippen LogP contribution is 2.13. The van der Waals surface area contributed by atoms with E-state index < -0.39 is 5.97 Å². The second kappa shape index (κ2) is 8.59. The van der Waals surface area contributed by atoms with Crippen molar-refractivity contribution < 1.29 is 14.7 Å². The number of carboxylic acids is 1. The first kappa shape index (κ1) is 18.4. The fraction of sp³-hybridized carbons (Fsp3) is 0.467. The van der Waals surface area contributed by atoms with Gasteiger partial charge >= 0.3 is 5.97 Å². The zero-order chi connectivity index (χ0) is 14.4. The molecule has 1 amide bonds. The Morgan fingerprint density at radius 1 is 1.05 bits per heavy atom. The van der Waals surface area contributed by atoms with E-state index in [-0.39, 0.29) is 23.9 Å². The third-order valence-electron chi connectivity index (χ3n) is 2.85. The van der Waals surface area contributed by atoms with Crippen molar-refractivity contribution >= 4 is 24.3 Å². The average molecular weight is 300 g/mol. The second-order valence-electron chi connectivity index (χ2n) is 4.69. The molecule has 0 heterocycles. The van der Waals surface area contributed by atoms with Gasteiger partial charge in [-0.05, 0) is 43.5 Å². The van der Waals surface area contributed by atoms with Gasteiger partial charge < -0.3 is 10.0 Å². The van der Waals surface area contributed by atoms with Gasteiger partial charge in [0.15, 0.2) is 0 Å². The summed E-state index contributed by atoms with van der Waals surface area (Å²) in [4.78, 5) is 25.2. The van der Waals surface area contributed by atoms with Crippen molar-refractivity contribution in [2.24, 2.45) is 0 Å². The molecule has 1 aromatic rings. The first-order chi connectivity index (χ1) is 8.99. The van der Waals surface area contributed by atoms with Crippen LogP contribution >= 0.6 is 12.4 Å². The number of aryl methyl sites for hydroxylation is 1. The third kappa shape index (κ3) is 4.85. The Morgan fingerprint density at radius 2 is 1.55 bits per heavy atom. The summed E-state index contributed by atoms with van der Waals surface area (Å²) in [6.07, 6.45) is 1.78. The average Bonchev–Trinajstić information content (AvgIpc) is 2.37. The fourth-order valence-electron chi connectivity index (χ4n) is 2.07. The molecule has 1 aromatic carbocycles. The van der Waals surface area contributed by atoms with Crippen LogP contribution in [0.25, 0.3) is 0 Å². The van der Waals surface area contributed by atoms with Crippen LogP contribution in [0.1, 0.15) is 53.0 Å². The second-order valence-corrected chi connectivity index (χ2v) is 4.69. The highest BCUT2D eigenvalue weighted by Gasteiger charge is 2.16. The number of benzene rings is 1. The maximum atomic E-state index is 12.4. The summed E-state index contributed by atoms with van der Waals surface area (Å²) in [5.41, 5.74) is 1.41. The van der Waals surface area contributed by atoms with E-state index >= 15 is 0 Å². The van der Waals surface area contributed by atoms with Crippen molar-refractivity contribution in [1.82, 2.24) is 4.90 Å². The lowest BCUT2D eigenvalue weighted by Crippen LogP contribution is -2.32. The number of carbonyl (C=O) groups excluding carboxylic acids is 1. The predicted octanol–water partition coefficient (Wildman–Crippen LogP) is 3.38. The number of rotatable bonds is 6. The summed E-state index contributed by atoms with van der Waals surface area (Å²) in [6.45, 7) is 7.24. The number of hydrogen-bond acceptors (Lipinski definition) is 2. The zero-order valence-corrected chi connectivity index (χ0v) is 13.0. The number of amides is 1. The van der Waals surface area contributed by atoms with Crippen molar-refractivity contribution in [3.63, 3.8) is 0 Å². The Kier molecular flexibility index (Phi) is 7.92. The minimum atomic E-state index is -1.00. The molecule has 0 aliphatic heterocycles. The zero-order valence-electron chi connectivity index (χ0n) is 12.2. The first-order valence-electron chi connectivity index (χ1n) is 6.63. The Balaban J connectivity index is 0.00000361. The van der Waals surface area contributed by atoms with Gasteiger partial charge in [-0.2, -0.15) is 0 Å². The van der Waals surface area contributed by atoms with E-state index in [1.807, 2.05) is 13.8 Å². The molecular formula is C15H22ClNO3. The maximum absolute atomic E-state index is 12.4. The molecule has 0 saturated heterocycles. The van der Waals surface area contributed by atoms with Crippen LogP contribution in [-0.2, 0) is 0 Å². The van der Waals surface area contributed by atoms with Gasteiger partial charge in [-0.15, -0.1) is 12.4 Å². The van der Waals surface area contributed by atoms with Crippen LogP contribution in [0.15, 0.2) is 18.2 Å². The molecule has 20 heavy (non-hydrogen) atoms. The van der Waals surface area contributed by atoms with Crippen molar-refractivity contribution in [2.45, 2.75) is 33.6 Å². The normalized spacial score (nSPS) is 9.75. The minimum absolute atomic E-state index is 0. The molecule has 0 aromatic heterocycles. The van der Waals surface area contributed by atoms with Crippen molar-refractivity contribution in [3.8, 4) is 0 Å². The molecule has 0 aliphatic carbocycles. The Bertz CT molecular complexity index is 468. The third-order valence-corrected chi connectivity index (χ3v) is 2.85. The van der Waals surface area contributed by atoms with E-state index in [1.165, 1.54) is 6.07 Å². The van der Waals surface area contributed by atoms with E-state index in [0.717, 1.165) is 18.4 Å². The van der Waals surface area contributed by atoms with Crippen LogP contribution in [0.4, 0.5) is 0 Å². The molecule has 0 fully saturated rings. The summed E-state index contributed by atoms with van der Waals surface area (Å²) in [6, 6.07) is 4.77. The van der Waals surface area contributed by atoms with Crippen LogP contribution < -0.4 is 0 Å². The lowest BCUT2D eigenvalue weighted by atomic mass is 10.1. The molecule has 112 valence electrons. The van der Waals surface area contributed by atoms with Crippen LogP contribution in [0, 0.1) is 6.92 Å². The summed E-state index contributed by atoms with van der Waals surface area (Å²) in [7, 11) is 0. The van der Waals surface area contributed by atoms with Crippen LogP contribution in [-0.4, -0.2) is 35.0 Å². The quantitative estimate of drug-likeness (QED) is 0.876. The van der Waals surface area contributed by atoms with Gasteiger partial charge in [0.2, 0.25) is 0 Å². The lowest BCUT2D eigenvalue weighted by Gasteiger charge is -2.21. The van der Waals surface area contributed by atoms with Gasteiger partial charge in [0.25, 0.3) is 5.91 Å². The molecule has 1 rings (SSSR count). The van der Waals surface area contributed by atoms with Gasteiger partial charge in [0, 0.05) is 18.7 Å². The molecule has 4 nitrogen and oxygen atoms in total. The van der Waals surface area contributed by atoms with E-state index in [9.17, 15) is 9.59 Å². The molecule has 0 spiro atoms. The van der Waals surface area contributed by atoms with Crippen molar-refractivity contribution in [2.75, 3.05) is 13.1 Å². The molecule has 5 heteroatoms. The topological polar surface area (TPSA) is 57.6 Å². The number of hydrogen-bond donors (Lipinski definition) is 1. The van der Waals surface area contributed by atoms with Gasteiger partial charge in [-0.3, -0.25) is 4.79 Å². The number of carbonyl (C=O) groups is 2. The smallest absolute Gasteiger partial charge is 0.335 e. The first-order valence-corrected chi connectivity index (χ1v) is 6.63. The highest BCUT2D eigenvalue weighted by atomic mass is 35.5. The molecule has 0 saturated carbocycles. The summed E-state index contributed by atoms with van der Waals surface area (Å²) in [5.74, 6) is -1.09. The van der Waals surface area contributed by atoms with Gasteiger partial charge in [0.05, 0.1) is 5.56 Å². The number of carboxylic acid groups (broad SMARTS) is 1. The molecule has 0 radical (unpaired) electrons. The monoisotopic (exact) mass is 299 g/mol. The van der Waals surface area contributed by atoms with Crippen LogP contribution in [0.3, 0.4) is 0 Å². The Morgan fingerprint density at radius 3 is 2.00 bits per heavy atom. The van der Waals surface area contributed by atoms with Crippen molar-refractivity contribution in [1.29, 1.82) is 0 Å². The summed E-state index contributed by atoms with van der Waals surface area (Å²) in [5, 5.41) is 9.04. The van der Waals surface area contributed by atoms with E-state index in [0.29, 0.717) is 18.7 Å². The SMILES string of the molecule is CCCN(CCC)C(=O)c1cc(C)cc(C(=O)O)c1.Cl. The largest absolute Gasteiger partial charge is 0.478 e. The summed E-state index contributed by atoms with van der Waals surface area (Å²) >= 11 is 0. The number of halogens is 1. The fourth-order valence-corrected chi connectivity index (χ4v) is 2.07. The Hall–Kier alpha value is -1.55. The molecule has 0 aliphatic rings. The van der Waals surface area contributed by atoms with E-state index in [4.69, 9.17) is 5.11 Å². The molecular weight excluding hydrogens is 278 g/mol. The van der Waals surface area contributed by atoms with Crippen LogP contribution in [0.5, 0.6) is 0 Å². The molecule has 0 unspecified atom stereocenters. The predicted molar refractivity (Wildman–Crippen MR) is 81.9 cm³/mol. The molecule has 1 N–H and O–H groups in total. The van der Waals surface area contributed by atoms with Gasteiger partial charge in [-0.1, -0.05) is 13.8 Å². The molecule has 0 bridgehead atoms. The lowest BCUT2D eigenvalue weighted by molar-refractivity contribution is 0.0696. The van der Waals surface area contributed by atoms with E-state index in [2.05, 4.69) is 0 Å². The summed E-state index contributed by atoms with van der Waals surface area (Å²) < 4.78 is 0. The van der Waals surface area contributed by atoms with Gasteiger partial charge in [-0.25, -0.2) is 4.79 Å². The van der Waals surface area contributed by atoms with E-state index in [1.54, 1.807) is 24.0 Å². The maximum Gasteiger partial charge on any atom is 0.335 e. The van der Waals surface area contributed by atoms with Crippen molar-refractivity contribution in [3.05, 3.63) is 34.9 Å². The number of aromatic carboxylic acids is 1. The number of nitrogens with zero attached hydrogens (tertiary/aromatic N) is 1. The highest BCUT2D eigenvalue weighted by molar-refractivity contribution is 5.97.